The van der Waals surface area contributed by atoms with Crippen LogP contribution in [0.5, 0.6) is 5.75 Å². The molecule has 4 heterocycles. The molecule has 2 aliphatic heterocycles. The summed E-state index contributed by atoms with van der Waals surface area (Å²) in [6.45, 7) is 9.47. The van der Waals surface area contributed by atoms with E-state index in [0.29, 0.717) is 23.5 Å². The number of aryl methyl sites for hydroxylation is 1. The molecule has 0 amide bonds. The minimum absolute atomic E-state index is 0.129. The number of rotatable bonds is 14. The molecule has 4 aromatic carbocycles. The van der Waals surface area contributed by atoms with Gasteiger partial charge in [0.25, 0.3) is 5.01 Å². The molecule has 0 spiro atoms. The minimum atomic E-state index is -0.129. The van der Waals surface area contributed by atoms with Crippen molar-refractivity contribution in [1.82, 2.24) is 4.90 Å². The first-order valence-electron chi connectivity index (χ1n) is 20.5. The van der Waals surface area contributed by atoms with Gasteiger partial charge in [-0.25, -0.2) is 5.26 Å². The van der Waals surface area contributed by atoms with Gasteiger partial charge in [-0.05, 0) is 48.6 Å². The van der Waals surface area contributed by atoms with Gasteiger partial charge < -0.3 is 10.1 Å². The number of fused-ring (bicyclic) bond motifs is 5. The smallest absolute Gasteiger partial charge is 0.284 e. The summed E-state index contributed by atoms with van der Waals surface area (Å²) in [5.41, 5.74) is 9.08. The van der Waals surface area contributed by atoms with Gasteiger partial charge in [0.05, 0.1) is 18.2 Å². The van der Waals surface area contributed by atoms with E-state index in [2.05, 4.69) is 115 Å². The monoisotopic (exact) mass is 812 g/mol. The largest absolute Gasteiger partial charge is 0.707 e. The van der Waals surface area contributed by atoms with Crippen molar-refractivity contribution >= 4 is 65.6 Å². The summed E-state index contributed by atoms with van der Waals surface area (Å²) in [6, 6.07) is 40.3. The van der Waals surface area contributed by atoms with Crippen molar-refractivity contribution in [2.45, 2.75) is 66.0 Å². The zero-order valence-electron chi connectivity index (χ0n) is 34.3. The molecule has 2 atom stereocenters. The van der Waals surface area contributed by atoms with E-state index >= 15 is 0 Å². The molecule has 0 aliphatic carbocycles. The van der Waals surface area contributed by atoms with Crippen molar-refractivity contribution in [1.29, 1.82) is 10.5 Å². The number of unbranched alkanes of at least 4 members (excludes halogenated alkanes) is 1. The molecule has 2 unspecified atom stereocenters. The lowest BCUT2D eigenvalue weighted by atomic mass is 9.86. The van der Waals surface area contributed by atoms with Gasteiger partial charge in [0.2, 0.25) is 22.2 Å². The molecular weight excluding hydrogens is 765 g/mol. The average molecular weight is 813 g/mol. The molecule has 0 bridgehead atoms. The Balaban J connectivity index is 1.23. The Labute approximate surface area is 355 Å². The highest BCUT2D eigenvalue weighted by molar-refractivity contribution is 7.19. The van der Waals surface area contributed by atoms with Crippen LogP contribution in [-0.4, -0.2) is 11.5 Å². The topological polar surface area (TPSA) is 81.9 Å². The third-order valence-corrected chi connectivity index (χ3v) is 13.9. The second-order valence-corrected chi connectivity index (χ2v) is 17.3. The van der Waals surface area contributed by atoms with Crippen LogP contribution in [-0.2, 0) is 7.05 Å². The van der Waals surface area contributed by atoms with Crippen molar-refractivity contribution < 1.29 is 13.9 Å². The zero-order valence-corrected chi connectivity index (χ0v) is 35.9. The van der Waals surface area contributed by atoms with E-state index in [1.807, 2.05) is 61.8 Å². The lowest BCUT2D eigenvalue weighted by molar-refractivity contribution is -0.712. The molecule has 0 saturated heterocycles. The second-order valence-electron chi connectivity index (χ2n) is 15.2. The number of thiazole rings is 2. The first kappa shape index (κ1) is 39.7. The van der Waals surface area contributed by atoms with Crippen LogP contribution in [0.15, 0.2) is 132 Å². The number of nitriles is 2. The zero-order chi connectivity index (χ0) is 41.0. The Morgan fingerprint density at radius 2 is 1.64 bits per heavy atom. The molecule has 59 heavy (non-hydrogen) atoms. The fourth-order valence-corrected chi connectivity index (χ4v) is 10.8. The van der Waals surface area contributed by atoms with E-state index in [1.54, 1.807) is 22.7 Å². The maximum Gasteiger partial charge on any atom is 0.284 e. The third-order valence-electron chi connectivity index (χ3n) is 11.5. The van der Waals surface area contributed by atoms with E-state index in [4.69, 9.17) is 10.1 Å². The van der Waals surface area contributed by atoms with Gasteiger partial charge in [0.1, 0.15) is 28.3 Å². The van der Waals surface area contributed by atoms with E-state index in [9.17, 15) is 10.5 Å². The highest BCUT2D eigenvalue weighted by Gasteiger charge is 2.45. The summed E-state index contributed by atoms with van der Waals surface area (Å²) in [4.78, 5) is 2.34. The number of hydrogen-bond acceptors (Lipinski definition) is 6. The predicted octanol–water partition coefficient (Wildman–Crippen LogP) is 12.5. The van der Waals surface area contributed by atoms with Gasteiger partial charge in [-0.1, -0.05) is 135 Å². The van der Waals surface area contributed by atoms with Gasteiger partial charge in [0.15, 0.2) is 5.57 Å². The van der Waals surface area contributed by atoms with Crippen molar-refractivity contribution in [3.63, 3.8) is 0 Å². The molecule has 6 aromatic rings. The predicted molar refractivity (Wildman–Crippen MR) is 241 cm³/mol. The molecule has 9 heteroatoms. The van der Waals surface area contributed by atoms with Gasteiger partial charge in [-0.2, -0.15) is 20.5 Å². The molecule has 0 saturated carbocycles. The molecule has 2 aliphatic rings. The van der Waals surface area contributed by atoms with Crippen molar-refractivity contribution in [2.24, 2.45) is 13.0 Å². The number of hydrogen-bond donors (Lipinski definition) is 0. The summed E-state index contributed by atoms with van der Waals surface area (Å²) >= 11 is 3.28. The van der Waals surface area contributed by atoms with Crippen molar-refractivity contribution in [3.05, 3.63) is 159 Å². The van der Waals surface area contributed by atoms with Crippen LogP contribution < -0.4 is 13.9 Å². The van der Waals surface area contributed by atoms with Gasteiger partial charge in [0, 0.05) is 30.5 Å². The van der Waals surface area contributed by atoms with E-state index in [1.165, 1.54) is 19.3 Å². The van der Waals surface area contributed by atoms with Gasteiger partial charge in [-0.15, -0.1) is 17.2 Å². The number of benzene rings is 4. The maximum atomic E-state index is 11.3. The normalized spacial score (nSPS) is 15.9. The highest BCUT2D eigenvalue weighted by atomic mass is 32.1. The number of allylic oxidation sites excluding steroid dienone is 5. The van der Waals surface area contributed by atoms with Crippen LogP contribution in [0.1, 0.15) is 81.5 Å². The lowest BCUT2D eigenvalue weighted by Gasteiger charge is -2.32. The molecule has 0 fully saturated rings. The quantitative estimate of drug-likeness (QED) is 0.0623. The standard InChI is InChI=1S/C50H48N6OS2/c1-6-8-16-35(7-2)32-57-38-25-23-37(24-26-38)53-28-27-33(3)47(41(31-52)49-54(5)42-19-12-14-21-45(42)58-49)39-29-44-40(30-51)50-56(43-20-13-15-22-46(43)59-50)34(4)55(44)48(39)36-17-10-9-11-18-36/h9-15,17-28,34-35H,6-8,16,29,32H2,1-5H3/b28-27-. The summed E-state index contributed by atoms with van der Waals surface area (Å²) in [6.07, 6.45) is 8.93. The van der Waals surface area contributed by atoms with E-state index in [0.717, 1.165) is 88.9 Å². The summed E-state index contributed by atoms with van der Waals surface area (Å²) in [5, 5.41) is 28.9. The molecule has 0 N–H and O–H groups in total. The lowest BCUT2D eigenvalue weighted by Crippen LogP contribution is -2.50. The van der Waals surface area contributed by atoms with E-state index in [-0.39, 0.29) is 6.17 Å². The number of para-hydroxylation sites is 2. The first-order chi connectivity index (χ1) is 28.9. The Morgan fingerprint density at radius 1 is 0.949 bits per heavy atom. The molecule has 2 aromatic heterocycles. The number of ether oxygens (including phenoxy) is 1. The van der Waals surface area contributed by atoms with Crippen LogP contribution in [0.4, 0.5) is 5.69 Å². The van der Waals surface area contributed by atoms with Crippen molar-refractivity contribution in [2.75, 3.05) is 6.61 Å². The van der Waals surface area contributed by atoms with Gasteiger partial charge >= 0.3 is 0 Å². The van der Waals surface area contributed by atoms with E-state index < -0.39 is 0 Å². The number of nitrogens with zero attached hydrogens (tertiary/aromatic N) is 6. The van der Waals surface area contributed by atoms with Crippen LogP contribution in [0, 0.1) is 34.5 Å². The molecule has 8 rings (SSSR count). The van der Waals surface area contributed by atoms with Crippen LogP contribution in [0.25, 0.3) is 42.6 Å². The molecular formula is C50H48N6OS2. The summed E-state index contributed by atoms with van der Waals surface area (Å²) < 4.78 is 12.8. The Morgan fingerprint density at radius 3 is 2.32 bits per heavy atom. The summed E-state index contributed by atoms with van der Waals surface area (Å²) in [5.74, 6) is 2.32. The molecule has 296 valence electrons. The number of aromatic nitrogens is 2. The van der Waals surface area contributed by atoms with Crippen LogP contribution in [0.2, 0.25) is 0 Å². The van der Waals surface area contributed by atoms with Crippen molar-refractivity contribution in [3.8, 4) is 17.9 Å². The first-order valence-corrected chi connectivity index (χ1v) is 22.1. The Kier molecular flexibility index (Phi) is 11.7. The average Bonchev–Trinajstić information content (AvgIpc) is 3.96. The summed E-state index contributed by atoms with van der Waals surface area (Å²) in [7, 11) is 2.03. The SMILES string of the molecule is CCCCC(CC)COc1ccc([N-]/C=C\[C-](C)/C(C2=C(c3ccccc3)N3C(=C(C#N)c4sc5ccccc5[n+]4C3C)C2)=C(/C#N)c2sc3ccccc3[n+]2C)cc1. The van der Waals surface area contributed by atoms with Crippen LogP contribution >= 0.6 is 22.7 Å². The molecule has 0 radical (unpaired) electrons. The van der Waals surface area contributed by atoms with Crippen LogP contribution in [0.3, 0.4) is 0 Å². The highest BCUT2D eigenvalue weighted by Crippen LogP contribution is 2.52. The van der Waals surface area contributed by atoms with Gasteiger partial charge in [-0.3, -0.25) is 11.1 Å². The second kappa shape index (κ2) is 17.4. The third kappa shape index (κ3) is 7.53. The fraction of sp³-hybridized carbons (Fsp3) is 0.260. The molecule has 7 nitrogen and oxygen atoms in total. The maximum absolute atomic E-state index is 11.3. The minimum Gasteiger partial charge on any atom is -0.707 e. The Hall–Kier alpha value is -6.13. The Bertz CT molecular complexity index is 2720. The fourth-order valence-electron chi connectivity index (χ4n) is 8.43.